The van der Waals surface area contributed by atoms with Gasteiger partial charge in [-0.2, -0.15) is 0 Å². The van der Waals surface area contributed by atoms with Gasteiger partial charge in [0.1, 0.15) is 5.69 Å². The molecule has 0 unspecified atom stereocenters. The van der Waals surface area contributed by atoms with Crippen LogP contribution in [-0.2, 0) is 9.84 Å². The molecule has 1 rings (SSSR count). The molecule has 0 aliphatic heterocycles. The highest BCUT2D eigenvalue weighted by Crippen LogP contribution is 2.25. The maximum absolute atomic E-state index is 11.6. The summed E-state index contributed by atoms with van der Waals surface area (Å²) in [6.45, 7) is 1.74. The Morgan fingerprint density at radius 2 is 2.06 bits per heavy atom. The van der Waals surface area contributed by atoms with Crippen molar-refractivity contribution in [2.24, 2.45) is 0 Å². The first-order chi connectivity index (χ1) is 7.38. The van der Waals surface area contributed by atoms with E-state index in [-0.39, 0.29) is 22.0 Å². The van der Waals surface area contributed by atoms with E-state index in [9.17, 15) is 18.5 Å². The first-order valence-corrected chi connectivity index (χ1v) is 6.30. The van der Waals surface area contributed by atoms with Crippen LogP contribution >= 0.6 is 0 Å². The van der Waals surface area contributed by atoms with Crippen molar-refractivity contribution >= 4 is 21.2 Å². The second kappa shape index (κ2) is 4.48. The number of anilines is 1. The Bertz CT molecular complexity index is 510. The lowest BCUT2D eigenvalue weighted by atomic mass is 10.3. The highest BCUT2D eigenvalue weighted by Gasteiger charge is 2.18. The van der Waals surface area contributed by atoms with Crippen molar-refractivity contribution in [3.63, 3.8) is 0 Å². The molecular weight excluding hydrogens is 232 g/mol. The van der Waals surface area contributed by atoms with Gasteiger partial charge in [0.05, 0.1) is 15.6 Å². The molecule has 0 aliphatic carbocycles. The summed E-state index contributed by atoms with van der Waals surface area (Å²) < 4.78 is 23.3. The van der Waals surface area contributed by atoms with Crippen molar-refractivity contribution in [3.8, 4) is 0 Å². The van der Waals surface area contributed by atoms with E-state index in [2.05, 4.69) is 0 Å². The molecule has 0 atom stereocenters. The van der Waals surface area contributed by atoms with Gasteiger partial charge in [0.25, 0.3) is 5.69 Å². The van der Waals surface area contributed by atoms with Gasteiger partial charge in [0, 0.05) is 6.07 Å². The highest BCUT2D eigenvalue weighted by atomic mass is 32.2. The average molecular weight is 244 g/mol. The van der Waals surface area contributed by atoms with Gasteiger partial charge in [-0.15, -0.1) is 0 Å². The molecule has 0 saturated heterocycles. The van der Waals surface area contributed by atoms with E-state index in [0.29, 0.717) is 6.42 Å². The second-order valence-corrected chi connectivity index (χ2v) is 5.41. The number of nitrogens with two attached hydrogens (primary N) is 1. The number of hydrogen-bond donors (Lipinski definition) is 1. The van der Waals surface area contributed by atoms with Gasteiger partial charge in [-0.3, -0.25) is 10.1 Å². The molecule has 0 aromatic heterocycles. The van der Waals surface area contributed by atoms with Gasteiger partial charge in [-0.25, -0.2) is 8.42 Å². The summed E-state index contributed by atoms with van der Waals surface area (Å²) in [7, 11) is -3.38. The molecule has 6 nitrogen and oxygen atoms in total. The highest BCUT2D eigenvalue weighted by molar-refractivity contribution is 7.91. The van der Waals surface area contributed by atoms with E-state index in [1.807, 2.05) is 0 Å². The SMILES string of the molecule is CCCS(=O)(=O)c1ccc([N+](=O)[O-])c(N)c1. The molecule has 0 saturated carbocycles. The molecule has 0 bridgehead atoms. The van der Waals surface area contributed by atoms with E-state index in [1.165, 1.54) is 6.07 Å². The van der Waals surface area contributed by atoms with Crippen molar-refractivity contribution in [3.05, 3.63) is 28.3 Å². The molecule has 0 heterocycles. The van der Waals surface area contributed by atoms with E-state index in [1.54, 1.807) is 6.92 Å². The first kappa shape index (κ1) is 12.4. The van der Waals surface area contributed by atoms with Crippen LogP contribution in [0.1, 0.15) is 13.3 Å². The summed E-state index contributed by atoms with van der Waals surface area (Å²) in [5, 5.41) is 10.5. The molecule has 1 aromatic rings. The van der Waals surface area contributed by atoms with Gasteiger partial charge in [0.2, 0.25) is 0 Å². The predicted molar refractivity (Wildman–Crippen MR) is 59.9 cm³/mol. The summed E-state index contributed by atoms with van der Waals surface area (Å²) in [5.74, 6) is 0.00422. The normalized spacial score (nSPS) is 11.3. The predicted octanol–water partition coefficient (Wildman–Crippen LogP) is 1.36. The standard InChI is InChI=1S/C9H12N2O4S/c1-2-5-16(14,15)7-3-4-9(11(12)13)8(10)6-7/h3-4,6H,2,5,10H2,1H3. The van der Waals surface area contributed by atoms with Crippen molar-refractivity contribution in [2.45, 2.75) is 18.2 Å². The van der Waals surface area contributed by atoms with Crippen LogP contribution in [0, 0.1) is 10.1 Å². The number of nitrogen functional groups attached to an aromatic ring is 1. The zero-order chi connectivity index (χ0) is 12.3. The van der Waals surface area contributed by atoms with Crippen molar-refractivity contribution in [1.82, 2.24) is 0 Å². The smallest absolute Gasteiger partial charge is 0.292 e. The first-order valence-electron chi connectivity index (χ1n) is 4.65. The topological polar surface area (TPSA) is 103 Å². The molecule has 16 heavy (non-hydrogen) atoms. The van der Waals surface area contributed by atoms with E-state index in [0.717, 1.165) is 12.1 Å². The molecule has 0 radical (unpaired) electrons. The summed E-state index contributed by atoms with van der Waals surface area (Å²) >= 11 is 0. The summed E-state index contributed by atoms with van der Waals surface area (Å²) in [6.07, 6.45) is 0.485. The number of rotatable bonds is 4. The minimum absolute atomic E-state index is 0.00422. The third-order valence-electron chi connectivity index (χ3n) is 2.03. The van der Waals surface area contributed by atoms with Crippen LogP contribution in [0.5, 0.6) is 0 Å². The van der Waals surface area contributed by atoms with Crippen LogP contribution in [-0.4, -0.2) is 19.1 Å². The monoisotopic (exact) mass is 244 g/mol. The summed E-state index contributed by atoms with van der Waals surface area (Å²) in [5.41, 5.74) is 4.99. The Morgan fingerprint density at radius 1 is 1.44 bits per heavy atom. The van der Waals surface area contributed by atoms with Crippen molar-refractivity contribution in [2.75, 3.05) is 11.5 Å². The van der Waals surface area contributed by atoms with Gasteiger partial charge in [0.15, 0.2) is 9.84 Å². The number of nitrogens with zero attached hydrogens (tertiary/aromatic N) is 1. The fourth-order valence-electron chi connectivity index (χ4n) is 1.28. The molecule has 0 spiro atoms. The Hall–Kier alpha value is -1.63. The lowest BCUT2D eigenvalue weighted by Crippen LogP contribution is -2.07. The fourth-order valence-corrected chi connectivity index (χ4v) is 2.63. The zero-order valence-corrected chi connectivity index (χ0v) is 9.53. The number of nitro groups is 1. The largest absolute Gasteiger partial charge is 0.393 e. The number of benzene rings is 1. The Kier molecular flexibility index (Phi) is 3.48. The van der Waals surface area contributed by atoms with Crippen molar-refractivity contribution in [1.29, 1.82) is 0 Å². The van der Waals surface area contributed by atoms with Crippen LogP contribution in [0.4, 0.5) is 11.4 Å². The lowest BCUT2D eigenvalue weighted by molar-refractivity contribution is -0.383. The lowest BCUT2D eigenvalue weighted by Gasteiger charge is -2.03. The molecular formula is C9H12N2O4S. The Balaban J connectivity index is 3.21. The average Bonchev–Trinajstić information content (AvgIpc) is 2.16. The van der Waals surface area contributed by atoms with Crippen LogP contribution in [0.25, 0.3) is 0 Å². The molecule has 0 fully saturated rings. The maximum Gasteiger partial charge on any atom is 0.292 e. The van der Waals surface area contributed by atoms with E-state index >= 15 is 0 Å². The summed E-state index contributed by atoms with van der Waals surface area (Å²) in [6, 6.07) is 3.44. The molecule has 7 heteroatoms. The minimum atomic E-state index is -3.38. The molecule has 0 amide bonds. The van der Waals surface area contributed by atoms with E-state index < -0.39 is 14.8 Å². The van der Waals surface area contributed by atoms with Gasteiger partial charge in [-0.05, 0) is 18.6 Å². The van der Waals surface area contributed by atoms with E-state index in [4.69, 9.17) is 5.73 Å². The molecule has 0 aliphatic rings. The van der Waals surface area contributed by atoms with Crippen LogP contribution in [0.3, 0.4) is 0 Å². The number of hydrogen-bond acceptors (Lipinski definition) is 5. The third-order valence-corrected chi connectivity index (χ3v) is 3.95. The van der Waals surface area contributed by atoms with Gasteiger partial charge < -0.3 is 5.73 Å². The molecule has 1 aromatic carbocycles. The van der Waals surface area contributed by atoms with Crippen LogP contribution < -0.4 is 5.73 Å². The van der Waals surface area contributed by atoms with Crippen molar-refractivity contribution < 1.29 is 13.3 Å². The van der Waals surface area contributed by atoms with Gasteiger partial charge >= 0.3 is 0 Å². The van der Waals surface area contributed by atoms with Gasteiger partial charge in [-0.1, -0.05) is 6.92 Å². The van der Waals surface area contributed by atoms with Crippen LogP contribution in [0.15, 0.2) is 23.1 Å². The zero-order valence-electron chi connectivity index (χ0n) is 8.71. The van der Waals surface area contributed by atoms with Crippen LogP contribution in [0.2, 0.25) is 0 Å². The third kappa shape index (κ3) is 2.48. The summed E-state index contributed by atoms with van der Waals surface area (Å²) in [4.78, 5) is 9.86. The fraction of sp³-hybridized carbons (Fsp3) is 0.333. The Labute approximate surface area is 93.1 Å². The maximum atomic E-state index is 11.6. The minimum Gasteiger partial charge on any atom is -0.393 e. The molecule has 2 N–H and O–H groups in total. The number of nitro benzene ring substituents is 1. The quantitative estimate of drug-likeness (QED) is 0.489. The number of sulfone groups is 1. The molecule has 88 valence electrons. The Morgan fingerprint density at radius 3 is 2.50 bits per heavy atom. The second-order valence-electron chi connectivity index (χ2n) is 3.30.